The Kier molecular flexibility index (Phi) is 12.7. The molecule has 0 unspecified atom stereocenters. The molecule has 0 spiro atoms. The first kappa shape index (κ1) is 32.9. The first-order valence-electron chi connectivity index (χ1n) is 13.6. The summed E-state index contributed by atoms with van der Waals surface area (Å²) in [7, 11) is 0. The van der Waals surface area contributed by atoms with Crippen LogP contribution in [0, 0.1) is 20.8 Å². The van der Waals surface area contributed by atoms with E-state index in [0.29, 0.717) is 12.4 Å². The lowest BCUT2D eigenvalue weighted by molar-refractivity contribution is -0.288. The molecule has 1 aromatic carbocycles. The summed E-state index contributed by atoms with van der Waals surface area (Å²) in [4.78, 5) is 47.7. The van der Waals surface area contributed by atoms with Crippen molar-refractivity contribution in [2.45, 2.75) is 112 Å². The summed E-state index contributed by atoms with van der Waals surface area (Å²) < 4.78 is 39.9. The van der Waals surface area contributed by atoms with Crippen LogP contribution in [0.15, 0.2) is 6.07 Å². The molecule has 0 aromatic heterocycles. The lowest BCUT2D eigenvalue weighted by atomic mass is 9.97. The number of unbranched alkanes of at least 4 members (excludes halogenated alkanes) is 3. The Labute approximate surface area is 235 Å². The molecule has 0 aliphatic carbocycles. The van der Waals surface area contributed by atoms with Crippen LogP contribution in [0.5, 0.6) is 11.5 Å². The number of aryl methyl sites for hydroxylation is 1. The number of hydrogen-bond donors (Lipinski definition) is 0. The standard InChI is InChI=1S/C29H42O11/c1-9-10-11-12-13-34-23-14-16(2)25(18(4)17(23)3)40-29-28(38-22(8)33)27(37-21(7)32)26(36-20(6)31)24(39-29)15-35-19(5)30/h14,24,26-29H,9-13,15H2,1-8H3/t24-,26-,27+,28-,29+/m1/s1. The zero-order chi connectivity index (χ0) is 30.0. The normalized spacial score (nSPS) is 22.1. The fourth-order valence-electron chi connectivity index (χ4n) is 4.46. The van der Waals surface area contributed by atoms with Crippen LogP contribution in [0.1, 0.15) is 77.0 Å². The smallest absolute Gasteiger partial charge is 0.303 e. The first-order valence-corrected chi connectivity index (χ1v) is 13.6. The van der Waals surface area contributed by atoms with Gasteiger partial charge in [0.15, 0.2) is 12.2 Å². The number of carbonyl (C=O) groups excluding carboxylic acids is 4. The fraction of sp³-hybridized carbons (Fsp3) is 0.655. The average molecular weight is 567 g/mol. The molecule has 1 aliphatic heterocycles. The van der Waals surface area contributed by atoms with Gasteiger partial charge >= 0.3 is 23.9 Å². The third kappa shape index (κ3) is 9.39. The van der Waals surface area contributed by atoms with Crippen molar-refractivity contribution in [3.8, 4) is 11.5 Å². The van der Waals surface area contributed by atoms with Crippen molar-refractivity contribution in [3.05, 3.63) is 22.8 Å². The molecular weight excluding hydrogens is 524 g/mol. The van der Waals surface area contributed by atoms with E-state index in [2.05, 4.69) is 6.92 Å². The number of rotatable bonds is 13. The highest BCUT2D eigenvalue weighted by atomic mass is 16.7. The molecule has 1 saturated heterocycles. The molecule has 11 heteroatoms. The summed E-state index contributed by atoms with van der Waals surface area (Å²) in [6.45, 7) is 12.8. The molecule has 1 aromatic rings. The van der Waals surface area contributed by atoms with Gasteiger partial charge in [-0.15, -0.1) is 0 Å². The SMILES string of the molecule is CCCCCCOc1cc(C)c(O[C@@H]2O[C@H](COC(C)=O)[C@@H](OC(C)=O)[C@H](OC(C)=O)[C@H]2OC(C)=O)c(C)c1C. The highest BCUT2D eigenvalue weighted by molar-refractivity contribution is 5.68. The molecule has 0 N–H and O–H groups in total. The Morgan fingerprint density at radius 1 is 0.775 bits per heavy atom. The summed E-state index contributed by atoms with van der Waals surface area (Å²) >= 11 is 0. The third-order valence-corrected chi connectivity index (χ3v) is 6.42. The Hall–Kier alpha value is -3.34. The summed E-state index contributed by atoms with van der Waals surface area (Å²) in [5, 5.41) is 0. The summed E-state index contributed by atoms with van der Waals surface area (Å²) in [6, 6.07) is 1.86. The molecule has 1 fully saturated rings. The Morgan fingerprint density at radius 2 is 1.38 bits per heavy atom. The van der Waals surface area contributed by atoms with E-state index >= 15 is 0 Å². The van der Waals surface area contributed by atoms with Crippen LogP contribution in [0.25, 0.3) is 0 Å². The maximum Gasteiger partial charge on any atom is 0.303 e. The molecule has 224 valence electrons. The molecule has 0 bridgehead atoms. The van der Waals surface area contributed by atoms with Crippen molar-refractivity contribution in [2.24, 2.45) is 0 Å². The molecule has 40 heavy (non-hydrogen) atoms. The Balaban J connectivity index is 2.45. The second-order valence-electron chi connectivity index (χ2n) is 9.87. The van der Waals surface area contributed by atoms with Gasteiger partial charge in [0.1, 0.15) is 24.2 Å². The van der Waals surface area contributed by atoms with Gasteiger partial charge in [-0.05, 0) is 49.9 Å². The molecule has 0 amide bonds. The summed E-state index contributed by atoms with van der Waals surface area (Å²) in [5.74, 6) is -1.52. The molecular formula is C29H42O11. The maximum atomic E-state index is 12.1. The Bertz CT molecular complexity index is 1050. The van der Waals surface area contributed by atoms with Crippen LogP contribution in [-0.2, 0) is 42.9 Å². The summed E-state index contributed by atoms with van der Waals surface area (Å²) in [5.41, 5.74) is 2.37. The van der Waals surface area contributed by atoms with Gasteiger partial charge in [0.05, 0.1) is 6.61 Å². The van der Waals surface area contributed by atoms with Gasteiger partial charge in [0, 0.05) is 27.7 Å². The summed E-state index contributed by atoms with van der Waals surface area (Å²) in [6.07, 6.45) is -1.93. The first-order chi connectivity index (χ1) is 18.8. The minimum atomic E-state index is -1.31. The van der Waals surface area contributed by atoms with Crippen LogP contribution in [0.2, 0.25) is 0 Å². The quantitative estimate of drug-likeness (QED) is 0.195. The Morgan fingerprint density at radius 3 is 1.95 bits per heavy atom. The van der Waals surface area contributed by atoms with E-state index in [0.717, 1.165) is 48.1 Å². The molecule has 11 nitrogen and oxygen atoms in total. The van der Waals surface area contributed by atoms with Crippen LogP contribution in [-0.4, -0.2) is 67.8 Å². The van der Waals surface area contributed by atoms with Crippen LogP contribution >= 0.6 is 0 Å². The van der Waals surface area contributed by atoms with E-state index in [4.69, 9.17) is 33.2 Å². The predicted octanol–water partition coefficient (Wildman–Crippen LogP) is 4.03. The van der Waals surface area contributed by atoms with Gasteiger partial charge < -0.3 is 33.2 Å². The van der Waals surface area contributed by atoms with Crippen molar-refractivity contribution in [1.29, 1.82) is 0 Å². The second-order valence-corrected chi connectivity index (χ2v) is 9.87. The van der Waals surface area contributed by atoms with Gasteiger partial charge in [-0.1, -0.05) is 26.2 Å². The zero-order valence-corrected chi connectivity index (χ0v) is 24.7. The topological polar surface area (TPSA) is 133 Å². The highest BCUT2D eigenvalue weighted by Crippen LogP contribution is 2.37. The molecule has 2 rings (SSSR count). The van der Waals surface area contributed by atoms with E-state index in [1.807, 2.05) is 26.8 Å². The largest absolute Gasteiger partial charge is 0.493 e. The lowest BCUT2D eigenvalue weighted by Gasteiger charge is -2.44. The minimum Gasteiger partial charge on any atom is -0.493 e. The number of esters is 4. The molecule has 0 radical (unpaired) electrons. The van der Waals surface area contributed by atoms with E-state index in [1.54, 1.807) is 0 Å². The molecule has 0 saturated carbocycles. The number of ether oxygens (including phenoxy) is 7. The average Bonchev–Trinajstić information content (AvgIpc) is 2.85. The van der Waals surface area contributed by atoms with Gasteiger partial charge in [0.25, 0.3) is 0 Å². The van der Waals surface area contributed by atoms with E-state index in [-0.39, 0.29) is 6.61 Å². The maximum absolute atomic E-state index is 12.1. The van der Waals surface area contributed by atoms with Crippen molar-refractivity contribution >= 4 is 23.9 Å². The van der Waals surface area contributed by atoms with Crippen molar-refractivity contribution in [2.75, 3.05) is 13.2 Å². The number of carbonyl (C=O) groups is 4. The fourth-order valence-corrected chi connectivity index (χ4v) is 4.46. The van der Waals surface area contributed by atoms with Gasteiger partial charge in [-0.25, -0.2) is 0 Å². The van der Waals surface area contributed by atoms with E-state index < -0.39 is 54.6 Å². The van der Waals surface area contributed by atoms with Crippen LogP contribution < -0.4 is 9.47 Å². The van der Waals surface area contributed by atoms with E-state index in [1.165, 1.54) is 27.7 Å². The monoisotopic (exact) mass is 566 g/mol. The zero-order valence-electron chi connectivity index (χ0n) is 24.7. The van der Waals surface area contributed by atoms with Crippen LogP contribution in [0.4, 0.5) is 0 Å². The van der Waals surface area contributed by atoms with Gasteiger partial charge in [0.2, 0.25) is 12.4 Å². The van der Waals surface area contributed by atoms with Gasteiger partial charge in [-0.2, -0.15) is 0 Å². The van der Waals surface area contributed by atoms with E-state index in [9.17, 15) is 19.2 Å². The van der Waals surface area contributed by atoms with Crippen LogP contribution in [0.3, 0.4) is 0 Å². The number of hydrogen-bond acceptors (Lipinski definition) is 11. The number of benzene rings is 1. The second kappa shape index (κ2) is 15.4. The minimum absolute atomic E-state index is 0.334. The lowest BCUT2D eigenvalue weighted by Crippen LogP contribution is -2.63. The molecule has 1 aliphatic rings. The van der Waals surface area contributed by atoms with Crippen molar-refractivity contribution < 1.29 is 52.3 Å². The third-order valence-electron chi connectivity index (χ3n) is 6.42. The predicted molar refractivity (Wildman–Crippen MR) is 143 cm³/mol. The molecule has 1 heterocycles. The van der Waals surface area contributed by atoms with Gasteiger partial charge in [-0.3, -0.25) is 19.2 Å². The van der Waals surface area contributed by atoms with Crippen molar-refractivity contribution in [3.63, 3.8) is 0 Å². The molecule has 5 atom stereocenters. The highest BCUT2D eigenvalue weighted by Gasteiger charge is 2.53. The van der Waals surface area contributed by atoms with Crippen molar-refractivity contribution in [1.82, 2.24) is 0 Å².